The SMILES string of the molecule is O=S(=O)(c1ccccc1)N1CC[C@@]2(Cc3ccccc3)Cc3ccccc3C[C@@H]12. The van der Waals surface area contributed by atoms with E-state index in [-0.39, 0.29) is 11.5 Å². The fraction of sp³-hybridized carbons (Fsp3) is 0.280. The van der Waals surface area contributed by atoms with Crippen LogP contribution in [-0.2, 0) is 29.3 Å². The number of fused-ring (bicyclic) bond motifs is 2. The molecular formula is C25H25NO2S. The maximum Gasteiger partial charge on any atom is 0.243 e. The molecule has 0 spiro atoms. The first-order valence-corrected chi connectivity index (χ1v) is 11.7. The second-order valence-electron chi connectivity index (χ2n) is 8.37. The molecule has 1 saturated heterocycles. The van der Waals surface area contributed by atoms with E-state index >= 15 is 0 Å². The summed E-state index contributed by atoms with van der Waals surface area (Å²) in [6.45, 7) is 0.586. The van der Waals surface area contributed by atoms with Crippen LogP contribution in [0.15, 0.2) is 89.8 Å². The molecule has 3 aromatic rings. The van der Waals surface area contributed by atoms with Gasteiger partial charge in [0.1, 0.15) is 0 Å². The van der Waals surface area contributed by atoms with Crippen LogP contribution >= 0.6 is 0 Å². The van der Waals surface area contributed by atoms with Crippen molar-refractivity contribution in [3.8, 4) is 0 Å². The first-order chi connectivity index (χ1) is 14.1. The summed E-state index contributed by atoms with van der Waals surface area (Å²) in [5.74, 6) is 0. The largest absolute Gasteiger partial charge is 0.243 e. The molecule has 1 fully saturated rings. The molecule has 0 aromatic heterocycles. The Morgan fingerprint density at radius 3 is 2.17 bits per heavy atom. The van der Waals surface area contributed by atoms with Crippen LogP contribution in [0.25, 0.3) is 0 Å². The van der Waals surface area contributed by atoms with Crippen LogP contribution in [0.4, 0.5) is 0 Å². The Kier molecular flexibility index (Phi) is 4.56. The average molecular weight is 404 g/mol. The van der Waals surface area contributed by atoms with Crippen molar-refractivity contribution in [2.75, 3.05) is 6.54 Å². The molecular weight excluding hydrogens is 378 g/mol. The summed E-state index contributed by atoms with van der Waals surface area (Å²) >= 11 is 0. The summed E-state index contributed by atoms with van der Waals surface area (Å²) in [5, 5.41) is 0. The topological polar surface area (TPSA) is 37.4 Å². The molecule has 0 bridgehead atoms. The van der Waals surface area contributed by atoms with Crippen molar-refractivity contribution in [1.82, 2.24) is 4.31 Å². The Bertz CT molecular complexity index is 1110. The highest BCUT2D eigenvalue weighted by atomic mass is 32.2. The molecule has 3 aromatic carbocycles. The molecule has 2 aliphatic rings. The zero-order valence-corrected chi connectivity index (χ0v) is 17.2. The highest BCUT2D eigenvalue weighted by molar-refractivity contribution is 7.89. The van der Waals surface area contributed by atoms with E-state index in [1.54, 1.807) is 28.6 Å². The van der Waals surface area contributed by atoms with Crippen molar-refractivity contribution in [1.29, 1.82) is 0 Å². The predicted octanol–water partition coefficient (Wildman–Crippen LogP) is 4.48. The van der Waals surface area contributed by atoms with E-state index in [1.165, 1.54) is 16.7 Å². The highest BCUT2D eigenvalue weighted by Crippen LogP contribution is 2.49. The number of hydrogen-bond donors (Lipinski definition) is 0. The number of nitrogens with zero attached hydrogens (tertiary/aromatic N) is 1. The van der Waals surface area contributed by atoms with Crippen LogP contribution in [0, 0.1) is 5.41 Å². The molecule has 148 valence electrons. The Hall–Kier alpha value is -2.43. The van der Waals surface area contributed by atoms with E-state index in [0.29, 0.717) is 11.4 Å². The molecule has 0 radical (unpaired) electrons. The van der Waals surface area contributed by atoms with Crippen LogP contribution in [0.3, 0.4) is 0 Å². The molecule has 0 unspecified atom stereocenters. The van der Waals surface area contributed by atoms with E-state index in [4.69, 9.17) is 0 Å². The molecule has 2 atom stereocenters. The molecule has 3 nitrogen and oxygen atoms in total. The van der Waals surface area contributed by atoms with Gasteiger partial charge in [-0.25, -0.2) is 8.42 Å². The third-order valence-electron chi connectivity index (χ3n) is 6.71. The van der Waals surface area contributed by atoms with Gasteiger partial charge in [-0.05, 0) is 59.9 Å². The minimum atomic E-state index is -3.51. The zero-order valence-electron chi connectivity index (χ0n) is 16.4. The highest BCUT2D eigenvalue weighted by Gasteiger charge is 2.53. The van der Waals surface area contributed by atoms with Gasteiger partial charge in [0.05, 0.1) is 4.90 Å². The van der Waals surface area contributed by atoms with Crippen molar-refractivity contribution in [3.63, 3.8) is 0 Å². The second-order valence-corrected chi connectivity index (χ2v) is 10.3. The van der Waals surface area contributed by atoms with E-state index in [0.717, 1.165) is 25.7 Å². The predicted molar refractivity (Wildman–Crippen MR) is 115 cm³/mol. The van der Waals surface area contributed by atoms with Gasteiger partial charge >= 0.3 is 0 Å². The molecule has 1 aliphatic carbocycles. The van der Waals surface area contributed by atoms with Gasteiger partial charge in [0.2, 0.25) is 10.0 Å². The molecule has 1 aliphatic heterocycles. The van der Waals surface area contributed by atoms with Gasteiger partial charge in [-0.15, -0.1) is 0 Å². The first kappa shape index (κ1) is 18.6. The normalized spacial score (nSPS) is 24.1. The van der Waals surface area contributed by atoms with Crippen molar-refractivity contribution in [2.45, 2.75) is 36.6 Å². The fourth-order valence-electron chi connectivity index (χ4n) is 5.29. The number of hydrogen-bond acceptors (Lipinski definition) is 2. The standard InChI is InChI=1S/C25H25NO2S/c27-29(28,23-13-5-2-6-14-23)26-16-15-25(18-20-9-3-1-4-10-20)19-22-12-8-7-11-21(22)17-24(25)26/h1-14,24H,15-19H2/t24-,25-/m1/s1. The zero-order chi connectivity index (χ0) is 19.9. The Morgan fingerprint density at radius 2 is 1.45 bits per heavy atom. The minimum Gasteiger partial charge on any atom is -0.207 e. The maximum absolute atomic E-state index is 13.5. The number of sulfonamides is 1. The summed E-state index contributed by atoms with van der Waals surface area (Å²) in [4.78, 5) is 0.398. The fourth-order valence-corrected chi connectivity index (χ4v) is 7.03. The lowest BCUT2D eigenvalue weighted by Gasteiger charge is -2.42. The number of benzene rings is 3. The van der Waals surface area contributed by atoms with E-state index in [2.05, 4.69) is 48.5 Å². The molecule has 29 heavy (non-hydrogen) atoms. The minimum absolute atomic E-state index is 0.0113. The third-order valence-corrected chi connectivity index (χ3v) is 8.63. The Labute approximate surface area is 173 Å². The van der Waals surface area contributed by atoms with Crippen LogP contribution in [-0.4, -0.2) is 25.3 Å². The average Bonchev–Trinajstić information content (AvgIpc) is 3.12. The second kappa shape index (κ2) is 7.12. The quantitative estimate of drug-likeness (QED) is 0.644. The summed E-state index contributed by atoms with van der Waals surface area (Å²) in [7, 11) is -3.51. The molecule has 0 N–H and O–H groups in total. The van der Waals surface area contributed by atoms with Crippen LogP contribution in [0.2, 0.25) is 0 Å². The Balaban J connectivity index is 1.58. The molecule has 0 saturated carbocycles. The van der Waals surface area contributed by atoms with Crippen LogP contribution in [0.1, 0.15) is 23.1 Å². The van der Waals surface area contributed by atoms with Gasteiger partial charge in [0.15, 0.2) is 0 Å². The maximum atomic E-state index is 13.5. The van der Waals surface area contributed by atoms with E-state index in [1.807, 2.05) is 12.1 Å². The van der Waals surface area contributed by atoms with Gasteiger partial charge in [0, 0.05) is 12.6 Å². The van der Waals surface area contributed by atoms with Gasteiger partial charge in [-0.3, -0.25) is 0 Å². The summed E-state index contributed by atoms with van der Waals surface area (Å²) in [6.07, 6.45) is 3.53. The molecule has 1 heterocycles. The third kappa shape index (κ3) is 3.21. The number of rotatable bonds is 4. The summed E-state index contributed by atoms with van der Waals surface area (Å²) < 4.78 is 28.8. The first-order valence-electron chi connectivity index (χ1n) is 10.3. The Morgan fingerprint density at radius 1 is 0.828 bits per heavy atom. The van der Waals surface area contributed by atoms with Crippen molar-refractivity contribution >= 4 is 10.0 Å². The monoisotopic (exact) mass is 403 g/mol. The molecule has 0 amide bonds. The van der Waals surface area contributed by atoms with Crippen molar-refractivity contribution in [2.24, 2.45) is 5.41 Å². The van der Waals surface area contributed by atoms with Gasteiger partial charge in [-0.2, -0.15) is 4.31 Å². The lowest BCUT2D eigenvalue weighted by Crippen LogP contribution is -2.48. The van der Waals surface area contributed by atoms with Gasteiger partial charge < -0.3 is 0 Å². The van der Waals surface area contributed by atoms with Gasteiger partial charge in [0.25, 0.3) is 0 Å². The van der Waals surface area contributed by atoms with Crippen LogP contribution in [0.5, 0.6) is 0 Å². The van der Waals surface area contributed by atoms with Crippen LogP contribution < -0.4 is 0 Å². The van der Waals surface area contributed by atoms with Crippen molar-refractivity contribution in [3.05, 3.63) is 102 Å². The van der Waals surface area contributed by atoms with Crippen molar-refractivity contribution < 1.29 is 8.42 Å². The van der Waals surface area contributed by atoms with E-state index in [9.17, 15) is 8.42 Å². The summed E-state index contributed by atoms with van der Waals surface area (Å²) in [5.41, 5.74) is 3.89. The van der Waals surface area contributed by atoms with Gasteiger partial charge in [-0.1, -0.05) is 72.8 Å². The molecule has 4 heteroatoms. The lowest BCUT2D eigenvalue weighted by molar-refractivity contribution is 0.188. The molecule has 5 rings (SSSR count). The summed E-state index contributed by atoms with van der Waals surface area (Å²) in [6, 6.07) is 27.9. The lowest BCUT2D eigenvalue weighted by atomic mass is 9.65. The smallest absolute Gasteiger partial charge is 0.207 e. The van der Waals surface area contributed by atoms with E-state index < -0.39 is 10.0 Å².